The monoisotopic (exact) mass is 402 g/mol. The van der Waals surface area contributed by atoms with Crippen LogP contribution in [0.5, 0.6) is 0 Å². The quantitative estimate of drug-likeness (QED) is 0.723. The number of nitrogens with one attached hydrogen (secondary N) is 2. The molecule has 6 nitrogen and oxygen atoms in total. The summed E-state index contributed by atoms with van der Waals surface area (Å²) in [6.07, 6.45) is 0. The molecule has 28 heavy (non-hydrogen) atoms. The third-order valence-corrected chi connectivity index (χ3v) is 4.35. The molecule has 0 fully saturated rings. The summed E-state index contributed by atoms with van der Waals surface area (Å²) < 4.78 is 5.01. The fourth-order valence-corrected chi connectivity index (χ4v) is 2.88. The van der Waals surface area contributed by atoms with Gasteiger partial charge >= 0.3 is 5.97 Å². The van der Waals surface area contributed by atoms with E-state index in [0.29, 0.717) is 16.3 Å². The molecule has 0 bridgehead atoms. The van der Waals surface area contributed by atoms with E-state index in [4.69, 9.17) is 16.3 Å². The van der Waals surface area contributed by atoms with E-state index in [2.05, 4.69) is 10.6 Å². The van der Waals surface area contributed by atoms with Crippen molar-refractivity contribution in [2.45, 2.75) is 33.7 Å². The predicted molar refractivity (Wildman–Crippen MR) is 109 cm³/mol. The normalized spacial score (nSPS) is 11.5. The van der Waals surface area contributed by atoms with E-state index in [1.165, 1.54) is 6.92 Å². The van der Waals surface area contributed by atoms with Gasteiger partial charge in [0.25, 0.3) is 11.8 Å². The van der Waals surface area contributed by atoms with E-state index >= 15 is 0 Å². The Kier molecular flexibility index (Phi) is 7.18. The molecule has 0 unspecified atom stereocenters. The predicted octanol–water partition coefficient (Wildman–Crippen LogP) is 3.57. The molecule has 2 N–H and O–H groups in total. The highest BCUT2D eigenvalue weighted by molar-refractivity contribution is 6.30. The van der Waals surface area contributed by atoms with Crippen molar-refractivity contribution >= 4 is 35.1 Å². The minimum Gasteiger partial charge on any atom is -0.454 e. The van der Waals surface area contributed by atoms with E-state index < -0.39 is 30.4 Å². The zero-order valence-corrected chi connectivity index (χ0v) is 17.0. The second kappa shape index (κ2) is 9.37. The van der Waals surface area contributed by atoms with Crippen LogP contribution >= 0.6 is 11.6 Å². The third-order valence-electron chi connectivity index (χ3n) is 4.09. The Bertz CT molecular complexity index is 871. The van der Waals surface area contributed by atoms with Crippen LogP contribution in [0.4, 0.5) is 5.69 Å². The Morgan fingerprint density at radius 1 is 1.04 bits per heavy atom. The highest BCUT2D eigenvalue weighted by Crippen LogP contribution is 2.21. The van der Waals surface area contributed by atoms with Gasteiger partial charge in [0.05, 0.1) is 0 Å². The number of hydrogen-bond acceptors (Lipinski definition) is 4. The number of carbonyl (C=O) groups excluding carboxylic acids is 3. The number of amides is 2. The summed E-state index contributed by atoms with van der Waals surface area (Å²) in [6, 6.07) is 9.29. The average molecular weight is 403 g/mol. The molecular formula is C21H23ClN2O4. The number of benzene rings is 2. The van der Waals surface area contributed by atoms with Gasteiger partial charge in [-0.15, -0.1) is 0 Å². The molecule has 1 atom stereocenters. The number of anilines is 1. The van der Waals surface area contributed by atoms with Crippen molar-refractivity contribution in [1.29, 1.82) is 0 Å². The molecule has 2 aromatic carbocycles. The van der Waals surface area contributed by atoms with Gasteiger partial charge in [-0.3, -0.25) is 9.59 Å². The SMILES string of the molecule is Cc1cc(C)c(NC(=O)COC(=O)[C@H](C)NC(=O)c2ccc(Cl)cc2)c(C)c1. The second-order valence-corrected chi connectivity index (χ2v) is 7.07. The highest BCUT2D eigenvalue weighted by atomic mass is 35.5. The first-order chi connectivity index (χ1) is 13.2. The molecule has 0 spiro atoms. The summed E-state index contributed by atoms with van der Waals surface area (Å²) >= 11 is 5.78. The van der Waals surface area contributed by atoms with Gasteiger partial charge in [0, 0.05) is 16.3 Å². The maximum atomic E-state index is 12.1. The molecule has 0 aliphatic carbocycles. The number of rotatable bonds is 6. The topological polar surface area (TPSA) is 84.5 Å². The first kappa shape index (κ1) is 21.4. The fraction of sp³-hybridized carbons (Fsp3) is 0.286. The summed E-state index contributed by atoms with van der Waals surface area (Å²) in [6.45, 7) is 6.83. The molecule has 0 saturated heterocycles. The minimum atomic E-state index is -0.904. The molecule has 0 aliphatic rings. The van der Waals surface area contributed by atoms with E-state index in [1.807, 2.05) is 32.9 Å². The van der Waals surface area contributed by atoms with Crippen LogP contribution in [0.15, 0.2) is 36.4 Å². The number of esters is 1. The Morgan fingerprint density at radius 3 is 2.18 bits per heavy atom. The standard InChI is InChI=1S/C21H23ClN2O4/c1-12-9-13(2)19(14(3)10-12)24-18(25)11-28-21(27)15(4)23-20(26)16-5-7-17(22)8-6-16/h5-10,15H,11H2,1-4H3,(H,23,26)(H,24,25)/t15-/m0/s1. The molecule has 0 heterocycles. The largest absolute Gasteiger partial charge is 0.454 e. The molecule has 7 heteroatoms. The number of halogens is 1. The zero-order chi connectivity index (χ0) is 20.8. The van der Waals surface area contributed by atoms with Gasteiger partial charge in [-0.25, -0.2) is 4.79 Å². The van der Waals surface area contributed by atoms with Crippen LogP contribution in [0.3, 0.4) is 0 Å². The first-order valence-corrected chi connectivity index (χ1v) is 9.16. The lowest BCUT2D eigenvalue weighted by Crippen LogP contribution is -2.40. The molecule has 0 radical (unpaired) electrons. The summed E-state index contributed by atoms with van der Waals surface area (Å²) in [5, 5.41) is 5.79. The molecule has 0 aliphatic heterocycles. The lowest BCUT2D eigenvalue weighted by atomic mass is 10.1. The highest BCUT2D eigenvalue weighted by Gasteiger charge is 2.19. The molecule has 2 rings (SSSR count). The third kappa shape index (κ3) is 5.82. The Labute approximate surface area is 169 Å². The van der Waals surface area contributed by atoms with Crippen molar-refractivity contribution in [1.82, 2.24) is 5.32 Å². The molecule has 148 valence electrons. The van der Waals surface area contributed by atoms with Crippen LogP contribution in [0.1, 0.15) is 34.0 Å². The summed E-state index contributed by atoms with van der Waals surface area (Å²) in [7, 11) is 0. The van der Waals surface area contributed by atoms with E-state index in [1.54, 1.807) is 24.3 Å². The van der Waals surface area contributed by atoms with Gasteiger partial charge in [0.2, 0.25) is 0 Å². The van der Waals surface area contributed by atoms with E-state index in [0.717, 1.165) is 16.7 Å². The van der Waals surface area contributed by atoms with E-state index in [9.17, 15) is 14.4 Å². The molecule has 0 aromatic heterocycles. The maximum Gasteiger partial charge on any atom is 0.328 e. The van der Waals surface area contributed by atoms with Crippen molar-refractivity contribution in [2.24, 2.45) is 0 Å². The van der Waals surface area contributed by atoms with Crippen molar-refractivity contribution in [3.05, 3.63) is 63.7 Å². The van der Waals surface area contributed by atoms with Gasteiger partial charge in [0.1, 0.15) is 6.04 Å². The van der Waals surface area contributed by atoms with Crippen LogP contribution in [0.2, 0.25) is 5.02 Å². The lowest BCUT2D eigenvalue weighted by molar-refractivity contribution is -0.148. The molecule has 2 amide bonds. The number of aryl methyl sites for hydroxylation is 3. The number of ether oxygens (including phenoxy) is 1. The molecular weight excluding hydrogens is 380 g/mol. The van der Waals surface area contributed by atoms with Crippen molar-refractivity contribution < 1.29 is 19.1 Å². The maximum absolute atomic E-state index is 12.1. The van der Waals surface area contributed by atoms with Crippen LogP contribution in [-0.2, 0) is 14.3 Å². The van der Waals surface area contributed by atoms with Gasteiger partial charge < -0.3 is 15.4 Å². The number of carbonyl (C=O) groups is 3. The molecule has 0 saturated carbocycles. The van der Waals surface area contributed by atoms with Gasteiger partial charge in [-0.05, 0) is 63.1 Å². The van der Waals surface area contributed by atoms with Crippen LogP contribution in [-0.4, -0.2) is 30.4 Å². The summed E-state index contributed by atoms with van der Waals surface area (Å²) in [5.41, 5.74) is 4.04. The van der Waals surface area contributed by atoms with Crippen molar-refractivity contribution in [2.75, 3.05) is 11.9 Å². The van der Waals surface area contributed by atoms with Gasteiger partial charge in [-0.2, -0.15) is 0 Å². The molecule has 2 aromatic rings. The Morgan fingerprint density at radius 2 is 1.61 bits per heavy atom. The second-order valence-electron chi connectivity index (χ2n) is 6.63. The summed E-state index contributed by atoms with van der Waals surface area (Å²) in [5.74, 6) is -1.58. The Hall–Kier alpha value is -2.86. The first-order valence-electron chi connectivity index (χ1n) is 8.78. The van der Waals surface area contributed by atoms with Gasteiger partial charge in [0.15, 0.2) is 6.61 Å². The van der Waals surface area contributed by atoms with Gasteiger partial charge in [-0.1, -0.05) is 29.3 Å². The van der Waals surface area contributed by atoms with E-state index in [-0.39, 0.29) is 0 Å². The van der Waals surface area contributed by atoms with Crippen LogP contribution in [0, 0.1) is 20.8 Å². The number of hydrogen-bond donors (Lipinski definition) is 2. The average Bonchev–Trinajstić information content (AvgIpc) is 2.63. The summed E-state index contributed by atoms with van der Waals surface area (Å²) in [4.78, 5) is 36.3. The zero-order valence-electron chi connectivity index (χ0n) is 16.3. The van der Waals surface area contributed by atoms with Crippen molar-refractivity contribution in [3.8, 4) is 0 Å². The Balaban J connectivity index is 1.86. The minimum absolute atomic E-state index is 0.368. The fourth-order valence-electron chi connectivity index (χ4n) is 2.75. The lowest BCUT2D eigenvalue weighted by Gasteiger charge is -2.15. The van der Waals surface area contributed by atoms with Crippen LogP contribution < -0.4 is 10.6 Å². The van der Waals surface area contributed by atoms with Crippen LogP contribution in [0.25, 0.3) is 0 Å². The smallest absolute Gasteiger partial charge is 0.328 e. The van der Waals surface area contributed by atoms with Crippen molar-refractivity contribution in [3.63, 3.8) is 0 Å².